The number of nitrogens with zero attached hydrogens (tertiary/aromatic N) is 6. The van der Waals surface area contributed by atoms with Crippen LogP contribution >= 0.6 is 0 Å². The second-order valence-corrected chi connectivity index (χ2v) is 20.7. The molecule has 4 heterocycles. The summed E-state index contributed by atoms with van der Waals surface area (Å²) in [5.41, 5.74) is 18.9. The number of benzene rings is 12. The molecule has 0 saturated carbocycles. The van der Waals surface area contributed by atoms with Gasteiger partial charge in [0, 0.05) is 77.8 Å². The first kappa shape index (κ1) is 46.5. The summed E-state index contributed by atoms with van der Waals surface area (Å²) in [4.78, 5) is 4.62. The molecule has 0 aliphatic rings. The lowest BCUT2D eigenvalue weighted by atomic mass is 10.0. The van der Waals surface area contributed by atoms with E-state index in [0.29, 0.717) is 11.1 Å². The summed E-state index contributed by atoms with van der Waals surface area (Å²) in [6.07, 6.45) is 0. The van der Waals surface area contributed by atoms with Crippen LogP contribution in [0.4, 0.5) is 34.1 Å². The number of fused-ring (bicyclic) bond motifs is 14. The Bertz CT molecular complexity index is 4950. The molecule has 382 valence electrons. The predicted molar refractivity (Wildman–Crippen MR) is 334 cm³/mol. The molecule has 0 atom stereocenters. The highest BCUT2D eigenvalue weighted by Crippen LogP contribution is 2.47. The van der Waals surface area contributed by atoms with Crippen molar-refractivity contribution >= 4 is 122 Å². The van der Waals surface area contributed by atoms with Crippen LogP contribution < -0.4 is 9.80 Å². The van der Waals surface area contributed by atoms with Crippen molar-refractivity contribution in [1.29, 1.82) is 10.5 Å². The van der Waals surface area contributed by atoms with Crippen LogP contribution in [0, 0.1) is 22.7 Å². The Kier molecular flexibility index (Phi) is 10.5. The van der Waals surface area contributed by atoms with Gasteiger partial charge in [-0.25, -0.2) is 0 Å². The molecule has 8 heteroatoms. The molecular weight excluding hydrogens is 1000 g/mol. The van der Waals surface area contributed by atoms with Crippen molar-refractivity contribution in [2.75, 3.05) is 9.80 Å². The van der Waals surface area contributed by atoms with Gasteiger partial charge in [-0.3, -0.25) is 0 Å². The van der Waals surface area contributed by atoms with Gasteiger partial charge in [-0.2, -0.15) is 10.5 Å². The average Bonchev–Trinajstić information content (AvgIpc) is 3.95. The smallest absolute Gasteiger partial charge is 0.145 e. The lowest BCUT2D eigenvalue weighted by Gasteiger charge is -2.26. The minimum Gasteiger partial charge on any atom is -0.455 e. The van der Waals surface area contributed by atoms with E-state index in [-0.39, 0.29) is 0 Å². The first-order valence-electron chi connectivity index (χ1n) is 27.3. The van der Waals surface area contributed by atoms with E-state index in [4.69, 9.17) is 8.83 Å². The summed E-state index contributed by atoms with van der Waals surface area (Å²) in [7, 11) is 0. The summed E-state index contributed by atoms with van der Waals surface area (Å²) in [5.74, 6) is 0. The molecule has 0 saturated heterocycles. The maximum atomic E-state index is 9.81. The van der Waals surface area contributed by atoms with Gasteiger partial charge in [0.1, 0.15) is 22.3 Å². The van der Waals surface area contributed by atoms with Crippen LogP contribution in [-0.4, -0.2) is 9.13 Å². The Morgan fingerprint density at radius 3 is 1.04 bits per heavy atom. The number of furan rings is 2. The monoisotopic (exact) mass is 1050 g/mol. The van der Waals surface area contributed by atoms with Gasteiger partial charge in [0.25, 0.3) is 0 Å². The molecule has 12 aromatic carbocycles. The van der Waals surface area contributed by atoms with Crippen LogP contribution in [0.2, 0.25) is 0 Å². The zero-order valence-electron chi connectivity index (χ0n) is 43.9. The molecule has 0 fully saturated rings. The second kappa shape index (κ2) is 18.5. The molecular formula is C74H44N6O2. The fraction of sp³-hybridized carbons (Fsp3) is 0. The van der Waals surface area contributed by atoms with Gasteiger partial charge >= 0.3 is 0 Å². The number of hydrogen-bond donors (Lipinski definition) is 0. The van der Waals surface area contributed by atoms with Gasteiger partial charge in [0.2, 0.25) is 0 Å². The number of nitriles is 2. The third kappa shape index (κ3) is 7.30. The number of hydrogen-bond acceptors (Lipinski definition) is 6. The number of para-hydroxylation sites is 4. The van der Waals surface area contributed by atoms with E-state index in [9.17, 15) is 10.5 Å². The van der Waals surface area contributed by atoms with Crippen LogP contribution in [0.5, 0.6) is 0 Å². The van der Waals surface area contributed by atoms with Gasteiger partial charge in [-0.05, 0) is 181 Å². The van der Waals surface area contributed by atoms with E-state index in [0.717, 1.165) is 144 Å². The summed E-state index contributed by atoms with van der Waals surface area (Å²) >= 11 is 0. The third-order valence-electron chi connectivity index (χ3n) is 16.1. The molecule has 0 radical (unpaired) electrons. The molecule has 0 amide bonds. The Morgan fingerprint density at radius 2 is 0.646 bits per heavy atom. The minimum atomic E-state index is 0.597. The average molecular weight is 1050 g/mol. The lowest BCUT2D eigenvalue weighted by molar-refractivity contribution is 0.672. The quantitative estimate of drug-likeness (QED) is 0.143. The molecule has 16 aromatic rings. The standard InChI is InChI=1S/C74H44N6O2/c75-45-47-21-39-69-61(41-47)59-33-37-67-71(73(59)81-69)63-43-57(31-35-65(63)79(67)53-17-9-3-10-18-53)77(51-13-5-1-6-14-51)55-27-23-49(24-28-55)50-25-29-56(30-26-50)78(52-15-7-2-8-16-52)58-32-36-66-64(44-58)72-68(80(66)54-19-11-4-12-20-54)38-34-60-62-42-48(46-76)22-40-70(62)82-74(60)72/h1-44H. The van der Waals surface area contributed by atoms with Crippen molar-refractivity contribution in [2.45, 2.75) is 0 Å². The zero-order chi connectivity index (χ0) is 54.4. The highest BCUT2D eigenvalue weighted by molar-refractivity contribution is 6.26. The number of rotatable bonds is 9. The van der Waals surface area contributed by atoms with Crippen LogP contribution in [0.25, 0.3) is 110 Å². The molecule has 4 aromatic heterocycles. The highest BCUT2D eigenvalue weighted by atomic mass is 16.3. The van der Waals surface area contributed by atoms with E-state index < -0.39 is 0 Å². The molecule has 0 unspecified atom stereocenters. The fourth-order valence-corrected chi connectivity index (χ4v) is 12.4. The molecule has 0 bridgehead atoms. The van der Waals surface area contributed by atoms with Crippen molar-refractivity contribution in [1.82, 2.24) is 9.13 Å². The van der Waals surface area contributed by atoms with Crippen molar-refractivity contribution < 1.29 is 8.83 Å². The summed E-state index contributed by atoms with van der Waals surface area (Å²) in [5, 5.41) is 27.6. The zero-order valence-corrected chi connectivity index (χ0v) is 43.9. The first-order chi connectivity index (χ1) is 40.6. The molecule has 0 spiro atoms. The largest absolute Gasteiger partial charge is 0.455 e. The van der Waals surface area contributed by atoms with Crippen LogP contribution in [0.15, 0.2) is 276 Å². The molecule has 82 heavy (non-hydrogen) atoms. The summed E-state index contributed by atoms with van der Waals surface area (Å²) in [6, 6.07) is 97.5. The highest BCUT2D eigenvalue weighted by Gasteiger charge is 2.24. The Labute approximate surface area is 470 Å². The van der Waals surface area contributed by atoms with E-state index in [2.05, 4.69) is 249 Å². The second-order valence-electron chi connectivity index (χ2n) is 20.7. The Balaban J connectivity index is 0.793. The van der Waals surface area contributed by atoms with E-state index in [1.165, 1.54) is 0 Å². The molecule has 0 N–H and O–H groups in total. The van der Waals surface area contributed by atoms with Crippen LogP contribution in [0.1, 0.15) is 11.1 Å². The van der Waals surface area contributed by atoms with Crippen LogP contribution in [-0.2, 0) is 0 Å². The van der Waals surface area contributed by atoms with Gasteiger partial charge < -0.3 is 27.8 Å². The van der Waals surface area contributed by atoms with Gasteiger partial charge in [-0.15, -0.1) is 0 Å². The first-order valence-corrected chi connectivity index (χ1v) is 27.3. The predicted octanol–water partition coefficient (Wildman–Crippen LogP) is 20.0. The number of anilines is 6. The van der Waals surface area contributed by atoms with Crippen LogP contribution in [0.3, 0.4) is 0 Å². The summed E-state index contributed by atoms with van der Waals surface area (Å²) < 4.78 is 18.1. The van der Waals surface area contributed by atoms with Gasteiger partial charge in [0.05, 0.1) is 56.1 Å². The Morgan fingerprint density at radius 1 is 0.293 bits per heavy atom. The van der Waals surface area contributed by atoms with Gasteiger partial charge in [0.15, 0.2) is 0 Å². The van der Waals surface area contributed by atoms with Gasteiger partial charge in [-0.1, -0.05) is 97.1 Å². The normalized spacial score (nSPS) is 11.6. The van der Waals surface area contributed by atoms with Crippen molar-refractivity contribution in [3.63, 3.8) is 0 Å². The fourth-order valence-electron chi connectivity index (χ4n) is 12.4. The lowest BCUT2D eigenvalue weighted by Crippen LogP contribution is -2.10. The van der Waals surface area contributed by atoms with E-state index in [1.54, 1.807) is 0 Å². The van der Waals surface area contributed by atoms with Crippen molar-refractivity contribution in [3.8, 4) is 34.6 Å². The maximum Gasteiger partial charge on any atom is 0.145 e. The summed E-state index contributed by atoms with van der Waals surface area (Å²) in [6.45, 7) is 0. The topological polar surface area (TPSA) is 90.2 Å². The van der Waals surface area contributed by atoms with Crippen molar-refractivity contribution in [3.05, 3.63) is 278 Å². The SMILES string of the molecule is N#Cc1ccc2oc3c(ccc4c3c3cc(N(c5ccccc5)c5ccc(-c6ccc(N(c7ccccc7)c7ccc8c(c7)c7c9oc%10ccc(C#N)cc%10c9ccc7n8-c7ccccc7)cc6)cc5)ccc3n4-c3ccccc3)c2c1. The molecule has 8 nitrogen and oxygen atoms in total. The molecule has 0 aliphatic heterocycles. The Hall–Kier alpha value is -11.6. The number of aromatic nitrogens is 2. The maximum absolute atomic E-state index is 9.81. The molecule has 16 rings (SSSR count). The molecule has 0 aliphatic carbocycles. The van der Waals surface area contributed by atoms with E-state index in [1.807, 2.05) is 48.5 Å². The van der Waals surface area contributed by atoms with Crippen molar-refractivity contribution in [2.24, 2.45) is 0 Å². The minimum absolute atomic E-state index is 0.597. The third-order valence-corrected chi connectivity index (χ3v) is 16.1. The van der Waals surface area contributed by atoms with E-state index >= 15 is 0 Å².